The van der Waals surface area contributed by atoms with Crippen molar-refractivity contribution >= 4 is 11.9 Å². The quantitative estimate of drug-likeness (QED) is 0.322. The van der Waals surface area contributed by atoms with Crippen molar-refractivity contribution in [3.05, 3.63) is 95.4 Å². The van der Waals surface area contributed by atoms with Gasteiger partial charge >= 0.3 is 6.03 Å². The first-order valence-electron chi connectivity index (χ1n) is 14.2. The second-order valence-electron chi connectivity index (χ2n) is 12.0. The second kappa shape index (κ2) is 10.8. The molecular formula is C33H35N5O3. The van der Waals surface area contributed by atoms with Gasteiger partial charge in [0.05, 0.1) is 0 Å². The van der Waals surface area contributed by atoms with Crippen LogP contribution in [0.4, 0.5) is 4.79 Å². The highest BCUT2D eigenvalue weighted by Gasteiger charge is 2.43. The molecule has 8 heteroatoms. The first kappa shape index (κ1) is 26.7. The molecule has 0 radical (unpaired) electrons. The van der Waals surface area contributed by atoms with Crippen LogP contribution < -0.4 is 10.6 Å². The minimum absolute atomic E-state index is 0.00874. The predicted molar refractivity (Wildman–Crippen MR) is 157 cm³/mol. The van der Waals surface area contributed by atoms with Crippen molar-refractivity contribution in [2.24, 2.45) is 5.92 Å². The van der Waals surface area contributed by atoms with E-state index in [4.69, 9.17) is 4.52 Å². The van der Waals surface area contributed by atoms with E-state index in [-0.39, 0.29) is 29.3 Å². The van der Waals surface area contributed by atoms with Crippen LogP contribution in [0.25, 0.3) is 22.5 Å². The van der Waals surface area contributed by atoms with Gasteiger partial charge in [0.2, 0.25) is 18.1 Å². The Balaban J connectivity index is 1.27. The van der Waals surface area contributed by atoms with Gasteiger partial charge in [0.25, 0.3) is 0 Å². The molecule has 3 aromatic carbocycles. The summed E-state index contributed by atoms with van der Waals surface area (Å²) in [6, 6.07) is 22.5. The van der Waals surface area contributed by atoms with Crippen LogP contribution in [-0.2, 0) is 24.3 Å². The van der Waals surface area contributed by atoms with Gasteiger partial charge in [-0.3, -0.25) is 4.79 Å². The molecule has 0 bridgehead atoms. The van der Waals surface area contributed by atoms with Crippen LogP contribution in [0, 0.1) is 5.92 Å². The summed E-state index contributed by atoms with van der Waals surface area (Å²) in [6.45, 7) is 7.48. The Hall–Kier alpha value is -4.46. The lowest BCUT2D eigenvalue weighted by Gasteiger charge is -2.34. The van der Waals surface area contributed by atoms with E-state index in [2.05, 4.69) is 57.2 Å². The normalized spacial score (nSPS) is 18.0. The van der Waals surface area contributed by atoms with Crippen molar-refractivity contribution in [2.45, 2.75) is 58.2 Å². The zero-order chi connectivity index (χ0) is 28.6. The largest absolute Gasteiger partial charge is 0.352 e. The Labute approximate surface area is 240 Å². The summed E-state index contributed by atoms with van der Waals surface area (Å²) in [7, 11) is 0. The van der Waals surface area contributed by atoms with Crippen molar-refractivity contribution in [1.82, 2.24) is 25.7 Å². The highest BCUT2D eigenvalue weighted by molar-refractivity contribution is 5.83. The van der Waals surface area contributed by atoms with E-state index in [0.29, 0.717) is 25.5 Å². The highest BCUT2D eigenvalue weighted by Crippen LogP contribution is 2.47. The molecule has 210 valence electrons. The third-order valence-electron chi connectivity index (χ3n) is 7.88. The fourth-order valence-corrected chi connectivity index (χ4v) is 5.74. The number of urea groups is 1. The molecule has 1 fully saturated rings. The maximum absolute atomic E-state index is 13.1. The molecule has 4 aromatic rings. The lowest BCUT2D eigenvalue weighted by molar-refractivity contribution is -0.122. The number of nitrogens with one attached hydrogen (secondary N) is 2. The Morgan fingerprint density at radius 1 is 1.00 bits per heavy atom. The van der Waals surface area contributed by atoms with Crippen molar-refractivity contribution in [3.8, 4) is 22.5 Å². The van der Waals surface area contributed by atoms with Crippen LogP contribution >= 0.6 is 0 Å². The standard InChI is InChI=1S/C33H35N5O3/c1-33(2,3)36-32(40)38-15-14-26-25(22-10-7-11-23(16-22)30-35-20-41-37-30)13-12-24(29(26)19-38)18-34-31(39)28-17-27(28)21-8-5-4-6-9-21/h4-13,16,20,27-28H,14-15,17-19H2,1-3H3,(H,34,39)(H,36,40). The number of rotatable bonds is 6. The molecule has 2 aliphatic rings. The Morgan fingerprint density at radius 3 is 2.56 bits per heavy atom. The van der Waals surface area contributed by atoms with Gasteiger partial charge in [-0.05, 0) is 79.0 Å². The summed E-state index contributed by atoms with van der Waals surface area (Å²) in [5.41, 5.74) is 7.27. The fourth-order valence-electron chi connectivity index (χ4n) is 5.74. The lowest BCUT2D eigenvalue weighted by atomic mass is 9.87. The number of hydrogen-bond acceptors (Lipinski definition) is 5. The molecule has 2 heterocycles. The third kappa shape index (κ3) is 5.87. The average molecular weight is 550 g/mol. The van der Waals surface area contributed by atoms with Crippen LogP contribution in [0.2, 0.25) is 0 Å². The van der Waals surface area contributed by atoms with Crippen molar-refractivity contribution < 1.29 is 14.1 Å². The van der Waals surface area contributed by atoms with Crippen LogP contribution in [-0.4, -0.2) is 39.1 Å². The molecule has 0 saturated heterocycles. The molecule has 1 aliphatic carbocycles. The SMILES string of the molecule is CC(C)(C)NC(=O)N1CCc2c(-c3cccc(-c4ncon4)c3)ccc(CNC(=O)C3CC3c3ccccc3)c2C1. The molecule has 0 spiro atoms. The number of fused-ring (bicyclic) bond motifs is 1. The smallest absolute Gasteiger partial charge is 0.318 e. The van der Waals surface area contributed by atoms with Crippen LogP contribution in [0.3, 0.4) is 0 Å². The van der Waals surface area contributed by atoms with E-state index in [1.54, 1.807) is 0 Å². The van der Waals surface area contributed by atoms with Gasteiger partial charge in [-0.1, -0.05) is 65.8 Å². The van der Waals surface area contributed by atoms with Crippen molar-refractivity contribution in [3.63, 3.8) is 0 Å². The molecule has 8 nitrogen and oxygen atoms in total. The summed E-state index contributed by atoms with van der Waals surface area (Å²) < 4.78 is 4.95. The summed E-state index contributed by atoms with van der Waals surface area (Å²) in [5.74, 6) is 0.923. The molecule has 2 N–H and O–H groups in total. The molecule has 1 aromatic heterocycles. The summed E-state index contributed by atoms with van der Waals surface area (Å²) in [4.78, 5) is 32.3. The summed E-state index contributed by atoms with van der Waals surface area (Å²) >= 11 is 0. The number of aromatic nitrogens is 2. The van der Waals surface area contributed by atoms with Gasteiger partial charge in [-0.2, -0.15) is 4.98 Å². The zero-order valence-electron chi connectivity index (χ0n) is 23.7. The topological polar surface area (TPSA) is 100 Å². The molecule has 1 aliphatic heterocycles. The fraction of sp³-hybridized carbons (Fsp3) is 0.333. The third-order valence-corrected chi connectivity index (χ3v) is 7.88. The Bertz CT molecular complexity index is 1560. The van der Waals surface area contributed by atoms with Gasteiger partial charge < -0.3 is 20.1 Å². The second-order valence-corrected chi connectivity index (χ2v) is 12.0. The van der Waals surface area contributed by atoms with Gasteiger partial charge in [0.1, 0.15) is 0 Å². The molecule has 6 rings (SSSR count). The van der Waals surface area contributed by atoms with E-state index in [0.717, 1.165) is 40.7 Å². The molecule has 3 amide bonds. The lowest BCUT2D eigenvalue weighted by Crippen LogP contribution is -2.50. The number of amides is 3. The maximum atomic E-state index is 13.1. The van der Waals surface area contributed by atoms with E-state index in [1.807, 2.05) is 56.0 Å². The molecule has 41 heavy (non-hydrogen) atoms. The van der Waals surface area contributed by atoms with Crippen LogP contribution in [0.15, 0.2) is 77.6 Å². The average Bonchev–Trinajstić information content (AvgIpc) is 3.59. The molecule has 2 atom stereocenters. The van der Waals surface area contributed by atoms with E-state index in [9.17, 15) is 9.59 Å². The first-order valence-corrected chi connectivity index (χ1v) is 14.2. The van der Waals surface area contributed by atoms with Crippen LogP contribution in [0.1, 0.15) is 55.4 Å². The molecule has 2 unspecified atom stereocenters. The summed E-state index contributed by atoms with van der Waals surface area (Å²) in [5, 5.41) is 10.3. The molecule has 1 saturated carbocycles. The minimum Gasteiger partial charge on any atom is -0.352 e. The summed E-state index contributed by atoms with van der Waals surface area (Å²) in [6.07, 6.45) is 2.92. The Morgan fingerprint density at radius 2 is 1.80 bits per heavy atom. The highest BCUT2D eigenvalue weighted by atomic mass is 16.5. The van der Waals surface area contributed by atoms with Crippen LogP contribution in [0.5, 0.6) is 0 Å². The zero-order valence-corrected chi connectivity index (χ0v) is 23.7. The number of nitrogens with zero attached hydrogens (tertiary/aromatic N) is 3. The van der Waals surface area contributed by atoms with Gasteiger partial charge in [-0.25, -0.2) is 4.79 Å². The van der Waals surface area contributed by atoms with Gasteiger partial charge in [-0.15, -0.1) is 0 Å². The molecular weight excluding hydrogens is 514 g/mol. The minimum atomic E-state index is -0.328. The van der Waals surface area contributed by atoms with Gasteiger partial charge in [0.15, 0.2) is 0 Å². The number of carbonyl (C=O) groups excluding carboxylic acids is 2. The van der Waals surface area contributed by atoms with E-state index in [1.165, 1.54) is 17.5 Å². The van der Waals surface area contributed by atoms with Crippen molar-refractivity contribution in [2.75, 3.05) is 6.54 Å². The predicted octanol–water partition coefficient (Wildman–Crippen LogP) is 5.69. The monoisotopic (exact) mass is 549 g/mol. The number of benzene rings is 3. The van der Waals surface area contributed by atoms with E-state index < -0.39 is 0 Å². The van der Waals surface area contributed by atoms with E-state index >= 15 is 0 Å². The first-order chi connectivity index (χ1) is 19.8. The number of carbonyl (C=O) groups is 2. The van der Waals surface area contributed by atoms with Gasteiger partial charge in [0, 0.05) is 36.7 Å². The van der Waals surface area contributed by atoms with Crippen molar-refractivity contribution in [1.29, 1.82) is 0 Å². The number of hydrogen-bond donors (Lipinski definition) is 2. The Kier molecular flexibility index (Phi) is 7.07. The maximum Gasteiger partial charge on any atom is 0.318 e.